The van der Waals surface area contributed by atoms with Gasteiger partial charge in [-0.3, -0.25) is 9.59 Å². The molecule has 1 unspecified atom stereocenters. The number of nitrogens with zero attached hydrogens (tertiary/aromatic N) is 2. The van der Waals surface area contributed by atoms with Crippen LogP contribution >= 0.6 is 0 Å². The van der Waals surface area contributed by atoms with E-state index in [1.54, 1.807) is 6.20 Å². The summed E-state index contributed by atoms with van der Waals surface area (Å²) in [4.78, 5) is 30.3. The predicted octanol–water partition coefficient (Wildman–Crippen LogP) is 1.29. The molecule has 0 radical (unpaired) electrons. The van der Waals surface area contributed by atoms with Crippen molar-refractivity contribution in [2.24, 2.45) is 5.41 Å². The molecule has 1 aliphatic heterocycles. The molecule has 1 saturated heterocycles. The summed E-state index contributed by atoms with van der Waals surface area (Å²) in [6.07, 6.45) is 6.58. The van der Waals surface area contributed by atoms with Gasteiger partial charge in [0.2, 0.25) is 5.88 Å². The van der Waals surface area contributed by atoms with Crippen molar-refractivity contribution in [3.63, 3.8) is 0 Å². The Kier molecular flexibility index (Phi) is 7.46. The van der Waals surface area contributed by atoms with Gasteiger partial charge in [-0.05, 0) is 43.9 Å². The summed E-state index contributed by atoms with van der Waals surface area (Å²) >= 11 is 0. The average Bonchev–Trinajstić information content (AvgIpc) is 3.32. The molecule has 1 aliphatic carbocycles. The number of aromatic nitrogens is 1. The van der Waals surface area contributed by atoms with Gasteiger partial charge in [0, 0.05) is 36.8 Å². The molecule has 8 heteroatoms. The normalized spacial score (nSPS) is 22.6. The molecule has 1 aromatic heterocycles. The van der Waals surface area contributed by atoms with Gasteiger partial charge in [0.25, 0.3) is 11.8 Å². The van der Waals surface area contributed by atoms with E-state index in [0.717, 1.165) is 24.0 Å². The van der Waals surface area contributed by atoms with Crippen LogP contribution in [0.4, 0.5) is 0 Å². The topological polar surface area (TPSA) is 112 Å². The van der Waals surface area contributed by atoms with E-state index >= 15 is 0 Å². The van der Waals surface area contributed by atoms with Gasteiger partial charge in [-0.25, -0.2) is 4.98 Å². The number of pyridine rings is 1. The molecule has 31 heavy (non-hydrogen) atoms. The minimum atomic E-state index is -1.79. The number of aliphatic hydroxyl groups excluding tert-OH is 2. The van der Waals surface area contributed by atoms with Gasteiger partial charge in [-0.2, -0.15) is 0 Å². The van der Waals surface area contributed by atoms with Crippen LogP contribution in [0.2, 0.25) is 0 Å². The van der Waals surface area contributed by atoms with E-state index in [-0.39, 0.29) is 12.0 Å². The smallest absolute Gasteiger partial charge is 0.254 e. The number of carbonyl (C=O) groups is 2. The van der Waals surface area contributed by atoms with Crippen molar-refractivity contribution in [3.05, 3.63) is 42.1 Å². The molecule has 0 saturated carbocycles. The number of likely N-dealkylation sites (tertiary alicyclic amines) is 1. The summed E-state index contributed by atoms with van der Waals surface area (Å²) in [5.74, 6) is -0.772. The lowest BCUT2D eigenvalue weighted by atomic mass is 9.80. The van der Waals surface area contributed by atoms with E-state index in [0.29, 0.717) is 32.0 Å². The first-order valence-electron chi connectivity index (χ1n) is 10.7. The average molecular weight is 430 g/mol. The molecular formula is C23H31N3O5. The Balaban J connectivity index is 1.56. The summed E-state index contributed by atoms with van der Waals surface area (Å²) in [7, 11) is 0. The minimum Gasteiger partial charge on any atom is -0.478 e. The van der Waals surface area contributed by atoms with E-state index < -0.39 is 24.0 Å². The van der Waals surface area contributed by atoms with Gasteiger partial charge in [0.1, 0.15) is 0 Å². The summed E-state index contributed by atoms with van der Waals surface area (Å²) in [5.41, 5.74) is 1.54. The Hall–Kier alpha value is -2.71. The zero-order valence-corrected chi connectivity index (χ0v) is 18.1. The van der Waals surface area contributed by atoms with Crippen molar-refractivity contribution in [2.75, 3.05) is 26.2 Å². The van der Waals surface area contributed by atoms with Crippen molar-refractivity contribution >= 4 is 17.4 Å². The Morgan fingerprint density at radius 3 is 2.68 bits per heavy atom. The fourth-order valence-corrected chi connectivity index (χ4v) is 3.76. The van der Waals surface area contributed by atoms with Gasteiger partial charge in [-0.15, -0.1) is 0 Å². The van der Waals surface area contributed by atoms with Crippen molar-refractivity contribution < 1.29 is 24.5 Å². The molecule has 0 bridgehead atoms. The highest BCUT2D eigenvalue weighted by Crippen LogP contribution is 2.34. The minimum absolute atomic E-state index is 0.263. The second kappa shape index (κ2) is 10.1. The highest BCUT2D eigenvalue weighted by molar-refractivity contribution is 5.90. The standard InChI is InChI=1S/C23H31N3O5/c1-3-31-21-17(7-6-12-24-21)16-8-10-23(2,11-9-16)15-25-20(29)18(27)19(28)22(30)26-13-4-5-14-26/h6-10,12,18-19,27-28H,3-5,11,13-15H2,1-2H3,(H,25,29)/t18-,19-,23?/m1/s1. The molecule has 168 valence electrons. The Morgan fingerprint density at radius 2 is 2.03 bits per heavy atom. The van der Waals surface area contributed by atoms with Gasteiger partial charge >= 0.3 is 0 Å². The third kappa shape index (κ3) is 5.51. The zero-order valence-electron chi connectivity index (χ0n) is 18.1. The Morgan fingerprint density at radius 1 is 1.29 bits per heavy atom. The van der Waals surface area contributed by atoms with E-state index in [1.807, 2.05) is 38.1 Å². The molecule has 1 fully saturated rings. The molecule has 2 amide bonds. The molecular weight excluding hydrogens is 398 g/mol. The molecule has 1 aromatic rings. The number of hydrogen-bond donors (Lipinski definition) is 3. The van der Waals surface area contributed by atoms with Crippen molar-refractivity contribution in [1.29, 1.82) is 0 Å². The van der Waals surface area contributed by atoms with E-state index in [1.165, 1.54) is 4.90 Å². The Labute approximate surface area is 182 Å². The van der Waals surface area contributed by atoms with E-state index in [9.17, 15) is 19.8 Å². The lowest BCUT2D eigenvalue weighted by Crippen LogP contribution is -2.51. The SMILES string of the molecule is CCOc1ncccc1C1=CCC(C)(CNC(=O)[C@H](O)[C@@H](O)C(=O)N2CCCC2)C=C1. The lowest BCUT2D eigenvalue weighted by molar-refractivity contribution is -0.152. The summed E-state index contributed by atoms with van der Waals surface area (Å²) in [6.45, 7) is 5.78. The van der Waals surface area contributed by atoms with Crippen LogP contribution in [-0.4, -0.2) is 70.4 Å². The monoisotopic (exact) mass is 429 g/mol. The molecule has 0 aromatic carbocycles. The first-order valence-corrected chi connectivity index (χ1v) is 10.7. The summed E-state index contributed by atoms with van der Waals surface area (Å²) in [6, 6.07) is 3.81. The quantitative estimate of drug-likeness (QED) is 0.574. The molecule has 0 spiro atoms. The summed E-state index contributed by atoms with van der Waals surface area (Å²) in [5, 5.41) is 22.9. The van der Waals surface area contributed by atoms with Crippen molar-refractivity contribution in [2.45, 2.75) is 45.3 Å². The largest absolute Gasteiger partial charge is 0.478 e. The fourth-order valence-electron chi connectivity index (χ4n) is 3.76. The first-order chi connectivity index (χ1) is 14.8. The van der Waals surface area contributed by atoms with Gasteiger partial charge in [0.05, 0.1) is 6.61 Å². The van der Waals surface area contributed by atoms with Crippen LogP contribution in [0.5, 0.6) is 5.88 Å². The van der Waals surface area contributed by atoms with Gasteiger partial charge in [0.15, 0.2) is 12.2 Å². The van der Waals surface area contributed by atoms with Crippen LogP contribution < -0.4 is 10.1 Å². The third-order valence-electron chi connectivity index (χ3n) is 5.72. The number of amides is 2. The van der Waals surface area contributed by atoms with Crippen LogP contribution in [0.15, 0.2) is 36.6 Å². The van der Waals surface area contributed by atoms with Gasteiger partial charge < -0.3 is 25.2 Å². The molecule has 8 nitrogen and oxygen atoms in total. The highest BCUT2D eigenvalue weighted by atomic mass is 16.5. The second-order valence-electron chi connectivity index (χ2n) is 8.28. The number of aliphatic hydroxyl groups is 2. The number of allylic oxidation sites excluding steroid dienone is 3. The Bertz CT molecular complexity index is 863. The van der Waals surface area contributed by atoms with Crippen LogP contribution in [0.3, 0.4) is 0 Å². The maximum Gasteiger partial charge on any atom is 0.254 e. The van der Waals surface area contributed by atoms with Crippen LogP contribution in [0, 0.1) is 5.41 Å². The second-order valence-corrected chi connectivity index (χ2v) is 8.28. The van der Waals surface area contributed by atoms with Crippen molar-refractivity contribution in [1.82, 2.24) is 15.2 Å². The van der Waals surface area contributed by atoms with Crippen molar-refractivity contribution in [3.8, 4) is 5.88 Å². The number of carbonyl (C=O) groups excluding carboxylic acids is 2. The van der Waals surface area contributed by atoms with Gasteiger partial charge in [-0.1, -0.05) is 25.2 Å². The lowest BCUT2D eigenvalue weighted by Gasteiger charge is -2.29. The number of nitrogens with one attached hydrogen (secondary N) is 1. The van der Waals surface area contributed by atoms with Crippen LogP contribution in [0.1, 0.15) is 38.7 Å². The number of ether oxygens (including phenoxy) is 1. The van der Waals surface area contributed by atoms with E-state index in [2.05, 4.69) is 16.4 Å². The maximum atomic E-state index is 12.3. The van der Waals surface area contributed by atoms with Crippen LogP contribution in [-0.2, 0) is 9.59 Å². The molecule has 3 atom stereocenters. The molecule has 3 N–H and O–H groups in total. The fraction of sp³-hybridized carbons (Fsp3) is 0.522. The predicted molar refractivity (Wildman–Crippen MR) is 116 cm³/mol. The molecule has 2 heterocycles. The number of rotatable bonds is 8. The maximum absolute atomic E-state index is 12.3. The number of hydrogen-bond acceptors (Lipinski definition) is 6. The third-order valence-corrected chi connectivity index (χ3v) is 5.72. The molecule has 3 rings (SSSR count). The molecule has 2 aliphatic rings. The first kappa shape index (κ1) is 23.0. The van der Waals surface area contributed by atoms with E-state index in [4.69, 9.17) is 4.74 Å². The zero-order chi connectivity index (χ0) is 22.4. The van der Waals surface area contributed by atoms with Crippen LogP contribution in [0.25, 0.3) is 5.57 Å². The summed E-state index contributed by atoms with van der Waals surface area (Å²) < 4.78 is 5.60. The highest BCUT2D eigenvalue weighted by Gasteiger charge is 2.35.